The lowest BCUT2D eigenvalue weighted by molar-refractivity contribution is -0.145. The highest BCUT2D eigenvalue weighted by Gasteiger charge is 2.26. The Morgan fingerprint density at radius 1 is 1.10 bits per heavy atom. The molecule has 0 aliphatic rings. The number of rotatable bonds is 9. The summed E-state index contributed by atoms with van der Waals surface area (Å²) in [7, 11) is 1.32. The summed E-state index contributed by atoms with van der Waals surface area (Å²) < 4.78 is 4.92. The van der Waals surface area contributed by atoms with E-state index in [0.29, 0.717) is 18.7 Å². The molecule has 3 N–H and O–H groups in total. The summed E-state index contributed by atoms with van der Waals surface area (Å²) in [6, 6.07) is 14.6. The van der Waals surface area contributed by atoms with E-state index in [-0.39, 0.29) is 5.91 Å². The molecule has 3 rings (SSSR count). The molecule has 0 aliphatic heterocycles. The van der Waals surface area contributed by atoms with Crippen LogP contribution in [0.15, 0.2) is 54.7 Å². The third kappa shape index (κ3) is 5.43. The number of aromatic amines is 1. The molecular weight excluding hydrogens is 398 g/mol. The molecule has 0 saturated heterocycles. The van der Waals surface area contributed by atoms with Gasteiger partial charge in [0.2, 0.25) is 5.91 Å². The number of ether oxygens (including phenoxy) is 1. The van der Waals surface area contributed by atoms with E-state index < -0.39 is 18.1 Å². The Kier molecular flexibility index (Phi) is 7.54. The molecule has 30 heavy (non-hydrogen) atoms. The Bertz CT molecular complexity index is 1000. The van der Waals surface area contributed by atoms with Gasteiger partial charge in [-0.25, -0.2) is 4.79 Å². The minimum absolute atomic E-state index is 0.285. The van der Waals surface area contributed by atoms with Gasteiger partial charge >= 0.3 is 5.97 Å². The molecule has 3 aromatic rings. The van der Waals surface area contributed by atoms with E-state index in [1.54, 1.807) is 0 Å². The largest absolute Gasteiger partial charge is 0.467 e. The van der Waals surface area contributed by atoms with E-state index in [4.69, 9.17) is 4.74 Å². The average molecular weight is 426 g/mol. The molecule has 0 spiro atoms. The standard InChI is InChI=1S/C23H27N3O3S/c1-15-7-9-16(10-8-15)12-24-21(14-30)22(27)26-20(23(28)29-2)11-17-13-25-19-6-4-3-5-18(17)19/h3-10,13,20-21,24-25,30H,11-12,14H2,1-2H3,(H,26,27)/t20-,21-/m1/s1. The van der Waals surface area contributed by atoms with Crippen molar-refractivity contribution in [3.8, 4) is 0 Å². The highest BCUT2D eigenvalue weighted by atomic mass is 32.1. The van der Waals surface area contributed by atoms with Crippen molar-refractivity contribution in [1.82, 2.24) is 15.6 Å². The Morgan fingerprint density at radius 2 is 1.83 bits per heavy atom. The number of hydrogen-bond donors (Lipinski definition) is 4. The van der Waals surface area contributed by atoms with Crippen LogP contribution in [0.1, 0.15) is 16.7 Å². The Morgan fingerprint density at radius 3 is 2.53 bits per heavy atom. The lowest BCUT2D eigenvalue weighted by atomic mass is 10.0. The Balaban J connectivity index is 1.67. The summed E-state index contributed by atoms with van der Waals surface area (Å²) in [5, 5.41) is 7.05. The summed E-state index contributed by atoms with van der Waals surface area (Å²) in [5.74, 6) is -0.462. The van der Waals surface area contributed by atoms with Gasteiger partial charge in [-0.2, -0.15) is 12.6 Å². The van der Waals surface area contributed by atoms with Gasteiger partial charge in [-0.1, -0.05) is 48.0 Å². The molecule has 0 radical (unpaired) electrons. The first kappa shape index (κ1) is 21.9. The lowest BCUT2D eigenvalue weighted by Gasteiger charge is -2.21. The number of aromatic nitrogens is 1. The molecule has 0 aliphatic carbocycles. The second kappa shape index (κ2) is 10.3. The fourth-order valence-corrected chi connectivity index (χ4v) is 3.61. The van der Waals surface area contributed by atoms with Gasteiger partial charge in [0.1, 0.15) is 6.04 Å². The zero-order chi connectivity index (χ0) is 21.5. The fraction of sp³-hybridized carbons (Fsp3) is 0.304. The van der Waals surface area contributed by atoms with Crippen LogP contribution in [0.3, 0.4) is 0 Å². The van der Waals surface area contributed by atoms with Crippen LogP contribution < -0.4 is 10.6 Å². The van der Waals surface area contributed by atoms with Crippen LogP contribution in [0.4, 0.5) is 0 Å². The Hall–Kier alpha value is -2.77. The molecule has 2 atom stereocenters. The highest BCUT2D eigenvalue weighted by Crippen LogP contribution is 2.19. The maximum Gasteiger partial charge on any atom is 0.328 e. The first-order valence-corrected chi connectivity index (χ1v) is 10.5. The molecule has 1 amide bonds. The van der Waals surface area contributed by atoms with Crippen molar-refractivity contribution in [2.45, 2.75) is 32.0 Å². The maximum absolute atomic E-state index is 12.8. The predicted octanol–water partition coefficient (Wildman–Crippen LogP) is 2.76. The van der Waals surface area contributed by atoms with Crippen molar-refractivity contribution < 1.29 is 14.3 Å². The van der Waals surface area contributed by atoms with Crippen LogP contribution >= 0.6 is 12.6 Å². The number of H-pyrrole nitrogens is 1. The van der Waals surface area contributed by atoms with E-state index in [1.165, 1.54) is 12.7 Å². The van der Waals surface area contributed by atoms with Crippen molar-refractivity contribution in [1.29, 1.82) is 0 Å². The van der Waals surface area contributed by atoms with Crippen LogP contribution in [-0.2, 0) is 27.3 Å². The minimum Gasteiger partial charge on any atom is -0.467 e. The molecular formula is C23H27N3O3S. The monoisotopic (exact) mass is 425 g/mol. The van der Waals surface area contributed by atoms with Gasteiger partial charge in [0.25, 0.3) is 0 Å². The van der Waals surface area contributed by atoms with Gasteiger partial charge in [-0.15, -0.1) is 0 Å². The number of amides is 1. The number of para-hydroxylation sites is 1. The Labute approximate surface area is 181 Å². The second-order valence-corrected chi connectivity index (χ2v) is 7.61. The molecule has 158 valence electrons. The summed E-state index contributed by atoms with van der Waals surface area (Å²) in [6.07, 6.45) is 2.19. The zero-order valence-corrected chi connectivity index (χ0v) is 18.0. The van der Waals surface area contributed by atoms with Crippen molar-refractivity contribution >= 4 is 35.4 Å². The molecule has 1 heterocycles. The second-order valence-electron chi connectivity index (χ2n) is 7.25. The number of methoxy groups -OCH3 is 1. The highest BCUT2D eigenvalue weighted by molar-refractivity contribution is 7.80. The fourth-order valence-electron chi connectivity index (χ4n) is 3.32. The minimum atomic E-state index is -0.787. The van der Waals surface area contributed by atoms with E-state index in [2.05, 4.69) is 28.2 Å². The van der Waals surface area contributed by atoms with Crippen molar-refractivity contribution in [3.05, 3.63) is 71.4 Å². The van der Waals surface area contributed by atoms with Crippen molar-refractivity contribution in [2.75, 3.05) is 12.9 Å². The topological polar surface area (TPSA) is 83.2 Å². The first-order chi connectivity index (χ1) is 14.5. The van der Waals surface area contributed by atoms with Gasteiger partial charge in [-0.05, 0) is 24.1 Å². The third-order valence-corrected chi connectivity index (χ3v) is 5.44. The lowest BCUT2D eigenvalue weighted by Crippen LogP contribution is -2.51. The van der Waals surface area contributed by atoms with Gasteiger partial charge in [0.05, 0.1) is 13.2 Å². The van der Waals surface area contributed by atoms with E-state index in [0.717, 1.165) is 22.0 Å². The number of carbonyl (C=O) groups excluding carboxylic acids is 2. The molecule has 2 aromatic carbocycles. The number of benzene rings is 2. The van der Waals surface area contributed by atoms with Crippen molar-refractivity contribution in [2.24, 2.45) is 0 Å². The SMILES string of the molecule is COC(=O)[C@@H](Cc1c[nH]c2ccccc12)NC(=O)[C@@H](CS)NCc1ccc(C)cc1. The summed E-state index contributed by atoms with van der Waals surface area (Å²) in [4.78, 5) is 28.4. The third-order valence-electron chi connectivity index (χ3n) is 5.07. The quantitative estimate of drug-likeness (QED) is 0.314. The maximum atomic E-state index is 12.8. The number of fused-ring (bicyclic) bond motifs is 1. The van der Waals surface area contributed by atoms with Crippen LogP contribution in [0.2, 0.25) is 0 Å². The molecule has 0 unspecified atom stereocenters. The van der Waals surface area contributed by atoms with E-state index in [9.17, 15) is 9.59 Å². The smallest absolute Gasteiger partial charge is 0.328 e. The average Bonchev–Trinajstić information content (AvgIpc) is 3.17. The summed E-state index contributed by atoms with van der Waals surface area (Å²) in [6.45, 7) is 2.56. The summed E-state index contributed by atoms with van der Waals surface area (Å²) >= 11 is 4.31. The molecule has 0 fully saturated rings. The number of nitrogens with one attached hydrogen (secondary N) is 3. The first-order valence-electron chi connectivity index (χ1n) is 9.84. The molecule has 7 heteroatoms. The van der Waals surface area contributed by atoms with E-state index in [1.807, 2.05) is 61.7 Å². The van der Waals surface area contributed by atoms with Crippen LogP contribution in [-0.4, -0.2) is 41.8 Å². The zero-order valence-electron chi connectivity index (χ0n) is 17.1. The van der Waals surface area contributed by atoms with Crippen LogP contribution in [0, 0.1) is 6.92 Å². The number of carbonyl (C=O) groups is 2. The summed E-state index contributed by atoms with van der Waals surface area (Å²) in [5.41, 5.74) is 4.18. The van der Waals surface area contributed by atoms with Gasteiger partial charge in [0, 0.05) is 35.8 Å². The number of aryl methyl sites for hydroxylation is 1. The number of esters is 1. The van der Waals surface area contributed by atoms with Gasteiger partial charge < -0.3 is 20.4 Å². The van der Waals surface area contributed by atoms with Crippen LogP contribution in [0.25, 0.3) is 10.9 Å². The molecule has 0 saturated carbocycles. The molecule has 6 nitrogen and oxygen atoms in total. The molecule has 0 bridgehead atoms. The van der Waals surface area contributed by atoms with Gasteiger partial charge in [0.15, 0.2) is 0 Å². The van der Waals surface area contributed by atoms with Gasteiger partial charge in [-0.3, -0.25) is 4.79 Å². The van der Waals surface area contributed by atoms with Crippen molar-refractivity contribution in [3.63, 3.8) is 0 Å². The predicted molar refractivity (Wildman–Crippen MR) is 122 cm³/mol. The normalized spacial score (nSPS) is 13.0. The number of thiol groups is 1. The van der Waals surface area contributed by atoms with E-state index >= 15 is 0 Å². The van der Waals surface area contributed by atoms with Crippen LogP contribution in [0.5, 0.6) is 0 Å². The molecule has 1 aromatic heterocycles. The number of hydrogen-bond acceptors (Lipinski definition) is 5.